The standard InChI is InChI=1S/C20H30N4O4S/c1-21-20(26)22-19(25)15-23-11-13-24(14-12-23)29(27,28)18-9-7-17(8-10-18)16-5-3-2-4-6-16/h7-10,16H,2-6,11-15H2,1H3,(H2,21,22,25,26)/p+1. The zero-order valence-corrected chi connectivity index (χ0v) is 17.8. The Balaban J connectivity index is 1.55. The molecule has 0 atom stereocenters. The number of nitrogens with zero attached hydrogens (tertiary/aromatic N) is 1. The van der Waals surface area contributed by atoms with Crippen molar-refractivity contribution in [2.75, 3.05) is 39.8 Å². The normalized spacial score (nSPS) is 19.6. The second kappa shape index (κ2) is 9.69. The molecule has 1 aromatic rings. The number of hydrogen-bond donors (Lipinski definition) is 3. The molecular formula is C20H31N4O4S+. The Labute approximate surface area is 172 Å². The first-order valence-corrected chi connectivity index (χ1v) is 11.8. The third-order valence-electron chi connectivity index (χ3n) is 5.91. The summed E-state index contributed by atoms with van der Waals surface area (Å²) < 4.78 is 27.4. The van der Waals surface area contributed by atoms with Gasteiger partial charge in [0.2, 0.25) is 10.0 Å². The van der Waals surface area contributed by atoms with E-state index in [1.165, 1.54) is 49.0 Å². The van der Waals surface area contributed by atoms with Crippen molar-refractivity contribution < 1.29 is 22.9 Å². The van der Waals surface area contributed by atoms with E-state index >= 15 is 0 Å². The first-order valence-electron chi connectivity index (χ1n) is 10.4. The minimum Gasteiger partial charge on any atom is -0.341 e. The molecule has 0 aromatic heterocycles. The molecule has 1 heterocycles. The maximum absolute atomic E-state index is 13.0. The summed E-state index contributed by atoms with van der Waals surface area (Å²) in [6.45, 7) is 1.92. The van der Waals surface area contributed by atoms with E-state index in [-0.39, 0.29) is 12.5 Å². The summed E-state index contributed by atoms with van der Waals surface area (Å²) in [5.41, 5.74) is 1.24. The highest BCUT2D eigenvalue weighted by atomic mass is 32.2. The lowest BCUT2D eigenvalue weighted by Gasteiger charge is -2.31. The van der Waals surface area contributed by atoms with Crippen molar-refractivity contribution >= 4 is 22.0 Å². The molecule has 1 saturated heterocycles. The van der Waals surface area contributed by atoms with Crippen molar-refractivity contribution in [3.8, 4) is 0 Å². The molecule has 1 aliphatic carbocycles. The van der Waals surface area contributed by atoms with Gasteiger partial charge >= 0.3 is 6.03 Å². The molecule has 3 amide bonds. The van der Waals surface area contributed by atoms with Crippen LogP contribution < -0.4 is 15.5 Å². The number of rotatable bonds is 5. The molecule has 29 heavy (non-hydrogen) atoms. The van der Waals surface area contributed by atoms with Crippen molar-refractivity contribution in [2.45, 2.75) is 42.9 Å². The Morgan fingerprint density at radius 2 is 1.69 bits per heavy atom. The summed E-state index contributed by atoms with van der Waals surface area (Å²) in [6, 6.07) is 6.86. The molecule has 3 N–H and O–H groups in total. The minimum atomic E-state index is -3.53. The molecule has 2 aliphatic rings. The third kappa shape index (κ3) is 5.55. The van der Waals surface area contributed by atoms with Gasteiger partial charge in [-0.1, -0.05) is 31.4 Å². The molecule has 3 rings (SSSR count). The molecule has 1 aromatic carbocycles. The number of urea groups is 1. The average Bonchev–Trinajstić information content (AvgIpc) is 2.74. The molecule has 2 fully saturated rings. The number of sulfonamides is 1. The summed E-state index contributed by atoms with van der Waals surface area (Å²) in [5.74, 6) is 0.183. The van der Waals surface area contributed by atoms with Crippen LogP contribution in [0.3, 0.4) is 0 Å². The van der Waals surface area contributed by atoms with Crippen molar-refractivity contribution in [1.29, 1.82) is 0 Å². The first kappa shape index (κ1) is 21.7. The number of piperazine rings is 1. The van der Waals surface area contributed by atoms with E-state index in [0.717, 1.165) is 4.90 Å². The minimum absolute atomic E-state index is 0.150. The van der Waals surface area contributed by atoms with Gasteiger partial charge < -0.3 is 10.2 Å². The molecule has 160 valence electrons. The molecule has 1 aliphatic heterocycles. The zero-order chi connectivity index (χ0) is 20.9. The highest BCUT2D eigenvalue weighted by Gasteiger charge is 2.31. The quantitative estimate of drug-likeness (QED) is 0.624. The van der Waals surface area contributed by atoms with Crippen LogP contribution in [-0.4, -0.2) is 64.4 Å². The second-order valence-corrected chi connectivity index (χ2v) is 9.80. The highest BCUT2D eigenvalue weighted by molar-refractivity contribution is 7.89. The number of imide groups is 1. The molecule has 9 heteroatoms. The lowest BCUT2D eigenvalue weighted by Crippen LogP contribution is -3.15. The van der Waals surface area contributed by atoms with Crippen LogP contribution in [-0.2, 0) is 14.8 Å². The van der Waals surface area contributed by atoms with Gasteiger partial charge in [0.15, 0.2) is 6.54 Å². The Bertz CT molecular complexity index is 811. The summed E-state index contributed by atoms with van der Waals surface area (Å²) in [4.78, 5) is 24.3. The smallest absolute Gasteiger partial charge is 0.321 e. The van der Waals surface area contributed by atoms with Crippen molar-refractivity contribution in [1.82, 2.24) is 14.9 Å². The highest BCUT2D eigenvalue weighted by Crippen LogP contribution is 2.33. The average molecular weight is 424 g/mol. The predicted octanol–water partition coefficient (Wildman–Crippen LogP) is 0.0791. The number of carbonyl (C=O) groups is 2. The number of benzene rings is 1. The van der Waals surface area contributed by atoms with E-state index in [9.17, 15) is 18.0 Å². The van der Waals surface area contributed by atoms with Gasteiger partial charge in [0.25, 0.3) is 5.91 Å². The van der Waals surface area contributed by atoms with Crippen LogP contribution in [0.15, 0.2) is 29.2 Å². The Morgan fingerprint density at radius 3 is 2.28 bits per heavy atom. The van der Waals surface area contributed by atoms with Crippen LogP contribution in [0, 0.1) is 0 Å². The summed E-state index contributed by atoms with van der Waals surface area (Å²) in [6.07, 6.45) is 6.16. The first-order chi connectivity index (χ1) is 13.9. The van der Waals surface area contributed by atoms with E-state index in [4.69, 9.17) is 0 Å². The third-order valence-corrected chi connectivity index (χ3v) is 7.83. The predicted molar refractivity (Wildman–Crippen MR) is 109 cm³/mol. The Kier molecular flexibility index (Phi) is 7.26. The number of amides is 3. The molecule has 0 spiro atoms. The van der Waals surface area contributed by atoms with Gasteiger partial charge in [-0.3, -0.25) is 10.1 Å². The van der Waals surface area contributed by atoms with Gasteiger partial charge in [0.05, 0.1) is 31.1 Å². The molecular weight excluding hydrogens is 392 g/mol. The maximum atomic E-state index is 13.0. The lowest BCUT2D eigenvalue weighted by atomic mass is 9.84. The fourth-order valence-electron chi connectivity index (χ4n) is 4.18. The van der Waals surface area contributed by atoms with Crippen LogP contribution in [0.5, 0.6) is 0 Å². The largest absolute Gasteiger partial charge is 0.341 e. The Hall–Kier alpha value is -1.97. The van der Waals surface area contributed by atoms with Crippen LogP contribution in [0.25, 0.3) is 0 Å². The molecule has 8 nitrogen and oxygen atoms in total. The van der Waals surface area contributed by atoms with Gasteiger partial charge in [-0.25, -0.2) is 13.2 Å². The summed E-state index contributed by atoms with van der Waals surface area (Å²) in [7, 11) is -2.08. The van der Waals surface area contributed by atoms with Crippen LogP contribution in [0.1, 0.15) is 43.6 Å². The summed E-state index contributed by atoms with van der Waals surface area (Å²) in [5, 5.41) is 4.57. The SMILES string of the molecule is CNC(=O)NC(=O)C[NH+]1CCN(S(=O)(=O)c2ccc(C3CCCCC3)cc2)CC1. The topological polar surface area (TPSA) is 100 Å². The number of quaternary nitrogens is 1. The fraction of sp³-hybridized carbons (Fsp3) is 0.600. The van der Waals surface area contributed by atoms with Gasteiger partial charge in [-0.05, 0) is 36.5 Å². The monoisotopic (exact) mass is 423 g/mol. The number of hydrogen-bond acceptors (Lipinski definition) is 4. The van der Waals surface area contributed by atoms with E-state index in [1.807, 2.05) is 12.1 Å². The Morgan fingerprint density at radius 1 is 1.07 bits per heavy atom. The molecule has 0 radical (unpaired) electrons. The molecule has 1 saturated carbocycles. The zero-order valence-electron chi connectivity index (χ0n) is 16.9. The number of nitrogens with one attached hydrogen (secondary N) is 3. The fourth-order valence-corrected chi connectivity index (χ4v) is 5.62. The second-order valence-electron chi connectivity index (χ2n) is 7.86. The maximum Gasteiger partial charge on any atom is 0.321 e. The van der Waals surface area contributed by atoms with Crippen molar-refractivity contribution in [3.05, 3.63) is 29.8 Å². The molecule has 0 bridgehead atoms. The molecule has 0 unspecified atom stereocenters. The lowest BCUT2D eigenvalue weighted by molar-refractivity contribution is -0.895. The van der Waals surface area contributed by atoms with Gasteiger partial charge in [0, 0.05) is 7.05 Å². The van der Waals surface area contributed by atoms with Crippen molar-refractivity contribution in [2.24, 2.45) is 0 Å². The van der Waals surface area contributed by atoms with E-state index in [0.29, 0.717) is 37.0 Å². The van der Waals surface area contributed by atoms with Crippen LogP contribution >= 0.6 is 0 Å². The van der Waals surface area contributed by atoms with E-state index < -0.39 is 16.1 Å². The van der Waals surface area contributed by atoms with Gasteiger partial charge in [0.1, 0.15) is 0 Å². The van der Waals surface area contributed by atoms with Crippen LogP contribution in [0.2, 0.25) is 0 Å². The van der Waals surface area contributed by atoms with E-state index in [2.05, 4.69) is 10.6 Å². The van der Waals surface area contributed by atoms with Crippen LogP contribution in [0.4, 0.5) is 4.79 Å². The summed E-state index contributed by atoms with van der Waals surface area (Å²) >= 11 is 0. The van der Waals surface area contributed by atoms with E-state index in [1.54, 1.807) is 12.1 Å². The van der Waals surface area contributed by atoms with Gasteiger partial charge in [-0.2, -0.15) is 4.31 Å². The number of carbonyl (C=O) groups excluding carboxylic acids is 2. The van der Waals surface area contributed by atoms with Crippen molar-refractivity contribution in [3.63, 3.8) is 0 Å². The van der Waals surface area contributed by atoms with Gasteiger partial charge in [-0.15, -0.1) is 0 Å².